The van der Waals surface area contributed by atoms with Gasteiger partial charge in [-0.25, -0.2) is 0 Å². The summed E-state index contributed by atoms with van der Waals surface area (Å²) in [6.07, 6.45) is 2.90. The number of anilines is 1. The van der Waals surface area contributed by atoms with Gasteiger partial charge in [-0.15, -0.1) is 11.3 Å². The predicted molar refractivity (Wildman–Crippen MR) is 134 cm³/mol. The van der Waals surface area contributed by atoms with Gasteiger partial charge in [-0.05, 0) is 37.6 Å². The number of quaternary nitrogens is 1. The highest BCUT2D eigenvalue weighted by Crippen LogP contribution is 2.36. The number of benzene rings is 1. The minimum atomic E-state index is -0.755. The smallest absolute Gasteiger partial charge is 0.420 e. The third-order valence-electron chi connectivity index (χ3n) is 6.10. The number of hydrogen-bond donors (Lipinski definition) is 3. The first-order chi connectivity index (χ1) is 15.9. The lowest BCUT2D eigenvalue weighted by atomic mass is 10.1. The van der Waals surface area contributed by atoms with E-state index in [1.807, 2.05) is 24.3 Å². The summed E-state index contributed by atoms with van der Waals surface area (Å²) in [5.74, 6) is -0.255. The number of ether oxygens (including phenoxy) is 1. The van der Waals surface area contributed by atoms with Crippen LogP contribution in [0.3, 0.4) is 0 Å². The van der Waals surface area contributed by atoms with Crippen molar-refractivity contribution in [2.75, 3.05) is 31.6 Å². The summed E-state index contributed by atoms with van der Waals surface area (Å²) in [5.41, 5.74) is 1.76. The average Bonchev–Trinajstić information content (AvgIpc) is 3.42. The van der Waals surface area contributed by atoms with Crippen molar-refractivity contribution in [1.29, 1.82) is 0 Å². The molecule has 0 spiro atoms. The van der Waals surface area contributed by atoms with Gasteiger partial charge in [0.1, 0.15) is 11.7 Å². The maximum absolute atomic E-state index is 13.0. The molecule has 1 aliphatic rings. The zero-order valence-electron chi connectivity index (χ0n) is 19.2. The summed E-state index contributed by atoms with van der Waals surface area (Å²) in [5, 5.41) is 16.1. The molecule has 2 amide bonds. The van der Waals surface area contributed by atoms with E-state index >= 15 is 0 Å². The van der Waals surface area contributed by atoms with Crippen LogP contribution in [-0.2, 0) is 4.74 Å². The number of carbonyl (C=O) groups is 2. The van der Waals surface area contributed by atoms with Crippen LogP contribution in [0.2, 0.25) is 4.34 Å². The Balaban J connectivity index is 1.55. The van der Waals surface area contributed by atoms with Gasteiger partial charge >= 0.3 is 6.09 Å². The van der Waals surface area contributed by atoms with Crippen LogP contribution >= 0.6 is 22.9 Å². The Morgan fingerprint density at radius 3 is 2.61 bits per heavy atom. The van der Waals surface area contributed by atoms with Crippen molar-refractivity contribution in [3.05, 3.63) is 45.6 Å². The topological polar surface area (TPSA) is 87.7 Å². The number of amides is 2. The summed E-state index contributed by atoms with van der Waals surface area (Å²) in [4.78, 5) is 25.6. The fourth-order valence-electron chi connectivity index (χ4n) is 4.14. The minimum absolute atomic E-state index is 0.126. The highest BCUT2D eigenvalue weighted by atomic mass is 35.5. The third-order valence-corrected chi connectivity index (χ3v) is 7.33. The number of carbonyl (C=O) groups excluding carboxylic acids is 2. The van der Waals surface area contributed by atoms with E-state index < -0.39 is 6.10 Å². The standard InChI is InChI=1S/C24H32ClN3O4S/c1-3-4-14-32-24(31)28(13-5-6-17(28)2)19-9-7-18(8-10-19)26-15-20(29)16-27-23(30)21-11-12-22(25)33-21/h7-12,17,20,26,29H,3-6,13-16H2,1-2H3/p+1/t17-,20?,28?/m1/s1. The zero-order chi connectivity index (χ0) is 23.8. The third kappa shape index (κ3) is 6.26. The number of nitrogens with zero attached hydrogens (tertiary/aromatic N) is 1. The molecule has 7 nitrogen and oxygen atoms in total. The maximum atomic E-state index is 13.0. The van der Waals surface area contributed by atoms with Crippen molar-refractivity contribution < 1.29 is 19.4 Å². The van der Waals surface area contributed by atoms with E-state index in [0.717, 1.165) is 43.6 Å². The van der Waals surface area contributed by atoms with E-state index in [4.69, 9.17) is 16.3 Å². The van der Waals surface area contributed by atoms with Crippen molar-refractivity contribution in [3.8, 4) is 0 Å². The number of hydrogen-bond acceptors (Lipinski definition) is 6. The molecule has 0 aliphatic carbocycles. The van der Waals surface area contributed by atoms with Crippen molar-refractivity contribution in [1.82, 2.24) is 9.80 Å². The Bertz CT molecular complexity index is 936. The summed E-state index contributed by atoms with van der Waals surface area (Å²) < 4.78 is 6.40. The summed E-state index contributed by atoms with van der Waals surface area (Å²) >= 11 is 7.05. The molecule has 0 saturated carbocycles. The number of aliphatic hydroxyl groups is 1. The lowest BCUT2D eigenvalue weighted by molar-refractivity contribution is 0.0925. The van der Waals surface area contributed by atoms with Crippen LogP contribution < -0.4 is 15.1 Å². The van der Waals surface area contributed by atoms with Gasteiger partial charge in [0.15, 0.2) is 0 Å². The molecular weight excluding hydrogens is 462 g/mol. The lowest BCUT2D eigenvalue weighted by Crippen LogP contribution is -2.56. The van der Waals surface area contributed by atoms with Crippen molar-refractivity contribution in [3.63, 3.8) is 0 Å². The molecule has 180 valence electrons. The predicted octanol–water partition coefficient (Wildman–Crippen LogP) is 5.03. The normalized spacial score (nSPS) is 20.9. The molecule has 0 radical (unpaired) electrons. The number of aliphatic hydroxyl groups excluding tert-OH is 1. The van der Waals surface area contributed by atoms with E-state index in [1.54, 1.807) is 12.1 Å². The number of halogens is 1. The number of thiophene rings is 1. The molecule has 2 heterocycles. The molecule has 2 unspecified atom stereocenters. The second kappa shape index (κ2) is 11.8. The largest absolute Gasteiger partial charge is 0.521 e. The van der Waals surface area contributed by atoms with E-state index in [2.05, 4.69) is 24.5 Å². The van der Waals surface area contributed by atoms with E-state index in [9.17, 15) is 14.7 Å². The number of unbranched alkanes of at least 4 members (excludes halogenated alkanes) is 1. The molecule has 1 aromatic carbocycles. The van der Waals surface area contributed by atoms with Crippen molar-refractivity contribution in [2.24, 2.45) is 0 Å². The second-order valence-electron chi connectivity index (χ2n) is 8.45. The summed E-state index contributed by atoms with van der Waals surface area (Å²) in [7, 11) is 0. The van der Waals surface area contributed by atoms with Crippen LogP contribution in [0.25, 0.3) is 0 Å². The SMILES string of the molecule is CCCCOC(=O)[N+]1(c2ccc(NCC(O)CNC(=O)c3ccc(Cl)s3)cc2)CCC[C@H]1C. The number of likely N-dealkylation sites (tertiary alicyclic amines) is 1. The fourth-order valence-corrected chi connectivity index (χ4v) is 5.10. The van der Waals surface area contributed by atoms with Gasteiger partial charge in [0, 0.05) is 43.8 Å². The maximum Gasteiger partial charge on any atom is 0.521 e. The van der Waals surface area contributed by atoms with Gasteiger partial charge in [0.05, 0.1) is 28.5 Å². The fraction of sp³-hybridized carbons (Fsp3) is 0.500. The van der Waals surface area contributed by atoms with Crippen LogP contribution in [0, 0.1) is 0 Å². The Labute approximate surface area is 204 Å². The summed E-state index contributed by atoms with van der Waals surface area (Å²) in [6, 6.07) is 11.2. The van der Waals surface area contributed by atoms with E-state index in [-0.39, 0.29) is 35.6 Å². The highest BCUT2D eigenvalue weighted by Gasteiger charge is 2.49. The van der Waals surface area contributed by atoms with E-state index in [1.165, 1.54) is 11.3 Å². The molecule has 3 N–H and O–H groups in total. The molecule has 9 heteroatoms. The van der Waals surface area contributed by atoms with Gasteiger partial charge in [0.25, 0.3) is 5.91 Å². The highest BCUT2D eigenvalue weighted by molar-refractivity contribution is 7.18. The number of nitrogens with one attached hydrogen (secondary N) is 2. The first kappa shape index (κ1) is 25.5. The Morgan fingerprint density at radius 1 is 1.24 bits per heavy atom. The van der Waals surface area contributed by atoms with Crippen LogP contribution in [0.5, 0.6) is 0 Å². The Morgan fingerprint density at radius 2 is 2.00 bits per heavy atom. The molecule has 3 rings (SSSR count). The van der Waals surface area contributed by atoms with Crippen molar-refractivity contribution >= 4 is 46.3 Å². The first-order valence-corrected chi connectivity index (χ1v) is 12.7. The van der Waals surface area contributed by atoms with Crippen LogP contribution in [-0.4, -0.2) is 55.5 Å². The zero-order valence-corrected chi connectivity index (χ0v) is 20.8. The van der Waals surface area contributed by atoms with E-state index in [0.29, 0.717) is 15.8 Å². The molecule has 0 bridgehead atoms. The van der Waals surface area contributed by atoms with Crippen LogP contribution in [0.15, 0.2) is 36.4 Å². The number of rotatable bonds is 10. The van der Waals surface area contributed by atoms with Gasteiger partial charge in [0.2, 0.25) is 0 Å². The van der Waals surface area contributed by atoms with Gasteiger partial charge in [-0.2, -0.15) is 9.28 Å². The molecule has 1 aromatic heterocycles. The lowest BCUT2D eigenvalue weighted by Gasteiger charge is -2.33. The first-order valence-electron chi connectivity index (χ1n) is 11.5. The summed E-state index contributed by atoms with van der Waals surface area (Å²) in [6.45, 7) is 5.78. The van der Waals surface area contributed by atoms with Crippen molar-refractivity contribution in [2.45, 2.75) is 51.7 Å². The molecule has 33 heavy (non-hydrogen) atoms. The Hall–Kier alpha value is -2.13. The molecule has 1 fully saturated rings. The molecule has 3 atom stereocenters. The molecule has 2 aromatic rings. The van der Waals surface area contributed by atoms with Gasteiger partial charge in [-0.1, -0.05) is 24.9 Å². The monoisotopic (exact) mass is 494 g/mol. The molecular formula is C24H33ClN3O4S+. The van der Waals surface area contributed by atoms with Crippen LogP contribution in [0.1, 0.15) is 49.2 Å². The van der Waals surface area contributed by atoms with Crippen LogP contribution in [0.4, 0.5) is 16.2 Å². The quantitative estimate of drug-likeness (QED) is 0.318. The average molecular weight is 495 g/mol. The van der Waals surface area contributed by atoms with Gasteiger partial charge < -0.3 is 20.5 Å². The molecule has 1 saturated heterocycles. The Kier molecular flexibility index (Phi) is 9.14. The second-order valence-corrected chi connectivity index (χ2v) is 10.2. The molecule has 1 aliphatic heterocycles. The van der Waals surface area contributed by atoms with Gasteiger partial charge in [-0.3, -0.25) is 4.79 Å². The minimum Gasteiger partial charge on any atom is -0.420 e.